The SMILES string of the molecule is Cc1cc(-n2cncn2)ccc1C(=O)OC1C2CCOC2C1(C)C. The van der Waals surface area contributed by atoms with E-state index in [0.717, 1.165) is 24.3 Å². The maximum atomic E-state index is 12.6. The number of carbonyl (C=O) groups is 1. The second-order valence-electron chi connectivity index (χ2n) is 7.23. The molecule has 1 saturated carbocycles. The van der Waals surface area contributed by atoms with Gasteiger partial charge < -0.3 is 9.47 Å². The van der Waals surface area contributed by atoms with Crippen molar-refractivity contribution in [2.75, 3.05) is 6.61 Å². The first-order valence-corrected chi connectivity index (χ1v) is 8.27. The van der Waals surface area contributed by atoms with Crippen LogP contribution in [0.15, 0.2) is 30.9 Å². The number of aromatic nitrogens is 3. The number of hydrogen-bond donors (Lipinski definition) is 0. The second-order valence-corrected chi connectivity index (χ2v) is 7.23. The quantitative estimate of drug-likeness (QED) is 0.811. The lowest BCUT2D eigenvalue weighted by Crippen LogP contribution is -2.61. The molecule has 0 N–H and O–H groups in total. The zero-order valence-electron chi connectivity index (χ0n) is 14.1. The van der Waals surface area contributed by atoms with Crippen molar-refractivity contribution in [3.8, 4) is 5.69 Å². The normalized spacial score (nSPS) is 27.4. The summed E-state index contributed by atoms with van der Waals surface area (Å²) < 4.78 is 13.3. The van der Waals surface area contributed by atoms with Crippen molar-refractivity contribution in [1.82, 2.24) is 14.8 Å². The summed E-state index contributed by atoms with van der Waals surface area (Å²) in [7, 11) is 0. The van der Waals surface area contributed by atoms with Crippen molar-refractivity contribution < 1.29 is 14.3 Å². The van der Waals surface area contributed by atoms with Crippen molar-refractivity contribution in [2.45, 2.75) is 39.4 Å². The average Bonchev–Trinajstić information content (AvgIpc) is 3.22. The van der Waals surface area contributed by atoms with Gasteiger partial charge in [-0.05, 0) is 37.1 Å². The van der Waals surface area contributed by atoms with Crippen LogP contribution in [-0.4, -0.2) is 39.5 Å². The van der Waals surface area contributed by atoms with Crippen LogP contribution < -0.4 is 0 Å². The number of fused-ring (bicyclic) bond motifs is 1. The van der Waals surface area contributed by atoms with Gasteiger partial charge in [-0.15, -0.1) is 0 Å². The molecule has 0 bridgehead atoms. The third kappa shape index (κ3) is 2.24. The highest BCUT2D eigenvalue weighted by Gasteiger charge is 2.61. The van der Waals surface area contributed by atoms with Gasteiger partial charge in [0.15, 0.2) is 0 Å². The Bertz CT molecular complexity index is 770. The average molecular weight is 327 g/mol. The van der Waals surface area contributed by atoms with Crippen LogP contribution in [0.5, 0.6) is 0 Å². The maximum absolute atomic E-state index is 12.6. The van der Waals surface area contributed by atoms with Gasteiger partial charge in [-0.25, -0.2) is 14.5 Å². The van der Waals surface area contributed by atoms with Gasteiger partial charge >= 0.3 is 5.97 Å². The molecule has 4 rings (SSSR count). The van der Waals surface area contributed by atoms with Crippen LogP contribution in [0.25, 0.3) is 5.69 Å². The molecule has 24 heavy (non-hydrogen) atoms. The van der Waals surface area contributed by atoms with Gasteiger partial charge in [0.1, 0.15) is 18.8 Å². The van der Waals surface area contributed by atoms with Crippen LogP contribution in [0.3, 0.4) is 0 Å². The highest BCUT2D eigenvalue weighted by molar-refractivity contribution is 5.91. The van der Waals surface area contributed by atoms with Crippen molar-refractivity contribution >= 4 is 5.97 Å². The van der Waals surface area contributed by atoms with Crippen molar-refractivity contribution in [3.05, 3.63) is 42.0 Å². The van der Waals surface area contributed by atoms with Crippen molar-refractivity contribution in [1.29, 1.82) is 0 Å². The Kier molecular flexibility index (Phi) is 3.46. The Hall–Kier alpha value is -2.21. The van der Waals surface area contributed by atoms with E-state index in [1.807, 2.05) is 19.1 Å². The lowest BCUT2D eigenvalue weighted by Gasteiger charge is -2.53. The molecule has 2 aliphatic rings. The molecular formula is C18H21N3O3. The topological polar surface area (TPSA) is 66.2 Å². The minimum absolute atomic E-state index is 0.0770. The van der Waals surface area contributed by atoms with Crippen LogP contribution in [-0.2, 0) is 9.47 Å². The van der Waals surface area contributed by atoms with E-state index in [9.17, 15) is 4.79 Å². The summed E-state index contributed by atoms with van der Waals surface area (Å²) >= 11 is 0. The summed E-state index contributed by atoms with van der Waals surface area (Å²) in [6.45, 7) is 6.89. The Morgan fingerprint density at radius 2 is 2.25 bits per heavy atom. The molecule has 2 aromatic rings. The molecule has 3 unspecified atom stereocenters. The molecule has 1 aliphatic heterocycles. The molecule has 1 aromatic heterocycles. The van der Waals surface area contributed by atoms with E-state index in [1.165, 1.54) is 6.33 Å². The number of rotatable bonds is 3. The molecule has 1 aliphatic carbocycles. The molecule has 126 valence electrons. The molecule has 1 saturated heterocycles. The Balaban J connectivity index is 1.53. The van der Waals surface area contributed by atoms with E-state index in [4.69, 9.17) is 9.47 Å². The van der Waals surface area contributed by atoms with Gasteiger partial charge in [-0.1, -0.05) is 13.8 Å². The van der Waals surface area contributed by atoms with Gasteiger partial charge in [-0.3, -0.25) is 0 Å². The number of hydrogen-bond acceptors (Lipinski definition) is 5. The zero-order chi connectivity index (χ0) is 16.9. The highest BCUT2D eigenvalue weighted by atomic mass is 16.6. The fourth-order valence-corrected chi connectivity index (χ4v) is 4.06. The van der Waals surface area contributed by atoms with Gasteiger partial charge in [0, 0.05) is 17.9 Å². The lowest BCUT2D eigenvalue weighted by atomic mass is 9.59. The van der Waals surface area contributed by atoms with E-state index >= 15 is 0 Å². The van der Waals surface area contributed by atoms with E-state index in [2.05, 4.69) is 23.9 Å². The molecule has 2 fully saturated rings. The zero-order valence-corrected chi connectivity index (χ0v) is 14.1. The van der Waals surface area contributed by atoms with E-state index < -0.39 is 0 Å². The highest BCUT2D eigenvalue weighted by Crippen LogP contribution is 2.53. The van der Waals surface area contributed by atoms with E-state index in [1.54, 1.807) is 17.1 Å². The van der Waals surface area contributed by atoms with Gasteiger partial charge in [0.25, 0.3) is 0 Å². The first kappa shape index (κ1) is 15.3. The second kappa shape index (κ2) is 5.41. The molecular weight excluding hydrogens is 306 g/mol. The molecule has 3 atom stereocenters. The monoisotopic (exact) mass is 327 g/mol. The van der Waals surface area contributed by atoms with Crippen LogP contribution in [0.1, 0.15) is 36.2 Å². The summed E-state index contributed by atoms with van der Waals surface area (Å²) in [5.41, 5.74) is 2.21. The van der Waals surface area contributed by atoms with Gasteiger partial charge in [0.2, 0.25) is 0 Å². The fraction of sp³-hybridized carbons (Fsp3) is 0.500. The molecule has 0 spiro atoms. The molecule has 0 amide bonds. The summed E-state index contributed by atoms with van der Waals surface area (Å²) in [4.78, 5) is 16.6. The van der Waals surface area contributed by atoms with Crippen molar-refractivity contribution in [3.63, 3.8) is 0 Å². The predicted molar refractivity (Wildman–Crippen MR) is 86.9 cm³/mol. The fourth-order valence-electron chi connectivity index (χ4n) is 4.06. The van der Waals surface area contributed by atoms with Gasteiger partial charge in [-0.2, -0.15) is 5.10 Å². The third-order valence-corrected chi connectivity index (χ3v) is 5.34. The summed E-state index contributed by atoms with van der Waals surface area (Å²) in [5, 5.41) is 4.10. The molecule has 2 heterocycles. The summed E-state index contributed by atoms with van der Waals surface area (Å²) in [6.07, 6.45) is 4.22. The Labute approximate surface area is 140 Å². The van der Waals surface area contributed by atoms with Crippen LogP contribution in [0.4, 0.5) is 0 Å². The largest absolute Gasteiger partial charge is 0.458 e. The predicted octanol–water partition coefficient (Wildman–Crippen LogP) is 2.55. The van der Waals surface area contributed by atoms with Crippen LogP contribution in [0, 0.1) is 18.3 Å². The Morgan fingerprint density at radius 3 is 2.96 bits per heavy atom. The summed E-state index contributed by atoms with van der Waals surface area (Å²) in [5.74, 6) is 0.0692. The van der Waals surface area contributed by atoms with E-state index in [0.29, 0.717) is 11.5 Å². The molecule has 6 nitrogen and oxygen atoms in total. The number of esters is 1. The number of aryl methyl sites for hydroxylation is 1. The first-order chi connectivity index (χ1) is 11.5. The number of benzene rings is 1. The van der Waals surface area contributed by atoms with Crippen molar-refractivity contribution in [2.24, 2.45) is 11.3 Å². The number of ether oxygens (including phenoxy) is 2. The van der Waals surface area contributed by atoms with Gasteiger partial charge in [0.05, 0.1) is 17.4 Å². The minimum atomic E-state index is -0.263. The third-order valence-electron chi connectivity index (χ3n) is 5.34. The molecule has 6 heteroatoms. The standard InChI is InChI=1S/C18H21N3O3/c1-11-8-12(21-10-19-9-20-21)4-5-13(11)17(22)24-16-14-6-7-23-15(14)18(16,2)3/h4-5,8-10,14-16H,6-7H2,1-3H3. The minimum Gasteiger partial charge on any atom is -0.458 e. The lowest BCUT2D eigenvalue weighted by molar-refractivity contribution is -0.183. The molecule has 0 radical (unpaired) electrons. The number of nitrogens with zero attached hydrogens (tertiary/aromatic N) is 3. The van der Waals surface area contributed by atoms with Crippen LogP contribution in [0.2, 0.25) is 0 Å². The number of carbonyl (C=O) groups excluding carboxylic acids is 1. The maximum Gasteiger partial charge on any atom is 0.338 e. The first-order valence-electron chi connectivity index (χ1n) is 8.27. The Morgan fingerprint density at radius 1 is 1.42 bits per heavy atom. The smallest absolute Gasteiger partial charge is 0.338 e. The summed E-state index contributed by atoms with van der Waals surface area (Å²) in [6, 6.07) is 5.56. The van der Waals surface area contributed by atoms with Crippen LogP contribution >= 0.6 is 0 Å². The molecule has 1 aromatic carbocycles. The van der Waals surface area contributed by atoms with E-state index in [-0.39, 0.29) is 23.6 Å².